The summed E-state index contributed by atoms with van der Waals surface area (Å²) in [6.07, 6.45) is 5.54. The molecule has 1 aliphatic carbocycles. The zero-order chi connectivity index (χ0) is 12.3. The zero-order valence-electron chi connectivity index (χ0n) is 11.4. The fraction of sp³-hybridized carbons (Fsp3) is 0.625. The van der Waals surface area contributed by atoms with Gasteiger partial charge in [0.2, 0.25) is 0 Å². The molecule has 0 radical (unpaired) electrons. The van der Waals surface area contributed by atoms with Crippen LogP contribution in [0.5, 0.6) is 0 Å². The highest BCUT2D eigenvalue weighted by atomic mass is 15.0. The van der Waals surface area contributed by atoms with E-state index in [0.29, 0.717) is 12.1 Å². The molecule has 0 bridgehead atoms. The molecule has 0 saturated heterocycles. The minimum atomic E-state index is 0.474. The van der Waals surface area contributed by atoms with Crippen molar-refractivity contribution >= 4 is 0 Å². The first-order valence-corrected chi connectivity index (χ1v) is 7.00. The van der Waals surface area contributed by atoms with Crippen molar-refractivity contribution in [2.45, 2.75) is 58.5 Å². The van der Waals surface area contributed by atoms with Crippen LogP contribution in [-0.4, -0.2) is 6.04 Å². The van der Waals surface area contributed by atoms with E-state index in [0.717, 1.165) is 5.92 Å². The van der Waals surface area contributed by atoms with E-state index >= 15 is 0 Å². The minimum Gasteiger partial charge on any atom is -0.307 e. The maximum absolute atomic E-state index is 3.83. The van der Waals surface area contributed by atoms with E-state index in [2.05, 4.69) is 50.4 Å². The number of hydrogen-bond acceptors (Lipinski definition) is 1. The van der Waals surface area contributed by atoms with Gasteiger partial charge in [0, 0.05) is 12.1 Å². The maximum Gasteiger partial charge on any atom is 0.0297 e. The predicted octanol–water partition coefficient (Wildman–Crippen LogP) is 4.22. The maximum atomic E-state index is 3.83. The molecule has 0 amide bonds. The van der Waals surface area contributed by atoms with Crippen LogP contribution in [0.4, 0.5) is 0 Å². The van der Waals surface area contributed by atoms with Gasteiger partial charge >= 0.3 is 0 Å². The highest BCUT2D eigenvalue weighted by molar-refractivity contribution is 5.28. The monoisotopic (exact) mass is 231 g/mol. The lowest BCUT2D eigenvalue weighted by atomic mass is 9.85. The predicted molar refractivity (Wildman–Crippen MR) is 74.1 cm³/mol. The molecule has 1 fully saturated rings. The number of hydrogen-bond donors (Lipinski definition) is 1. The van der Waals surface area contributed by atoms with Gasteiger partial charge in [-0.15, -0.1) is 0 Å². The third kappa shape index (κ3) is 3.10. The fourth-order valence-corrected chi connectivity index (χ4v) is 3.05. The Hall–Kier alpha value is -0.820. The number of benzene rings is 1. The number of nitrogens with one attached hydrogen (secondary N) is 1. The SMILES string of the molecule is Cc1ccccc1[C@H](C)NC1CCCCC1C. The van der Waals surface area contributed by atoms with Gasteiger partial charge in [-0.2, -0.15) is 0 Å². The molecule has 2 rings (SSSR count). The summed E-state index contributed by atoms with van der Waals surface area (Å²) in [6.45, 7) is 6.89. The molecule has 94 valence electrons. The second kappa shape index (κ2) is 5.68. The molecule has 17 heavy (non-hydrogen) atoms. The molecule has 3 atom stereocenters. The van der Waals surface area contributed by atoms with Crippen molar-refractivity contribution in [3.05, 3.63) is 35.4 Å². The van der Waals surface area contributed by atoms with Crippen LogP contribution in [0, 0.1) is 12.8 Å². The Morgan fingerprint density at radius 3 is 2.59 bits per heavy atom. The molecule has 0 heterocycles. The average Bonchev–Trinajstić information content (AvgIpc) is 2.32. The van der Waals surface area contributed by atoms with Gasteiger partial charge in [0.05, 0.1) is 0 Å². The van der Waals surface area contributed by atoms with Crippen molar-refractivity contribution in [2.75, 3.05) is 0 Å². The van der Waals surface area contributed by atoms with Gasteiger partial charge in [0.25, 0.3) is 0 Å². The third-order valence-corrected chi connectivity index (χ3v) is 4.23. The molecule has 1 aromatic carbocycles. The third-order valence-electron chi connectivity index (χ3n) is 4.23. The molecule has 1 heteroatoms. The summed E-state index contributed by atoms with van der Waals surface area (Å²) < 4.78 is 0. The summed E-state index contributed by atoms with van der Waals surface area (Å²) in [5.41, 5.74) is 2.85. The second-order valence-corrected chi connectivity index (χ2v) is 5.61. The van der Waals surface area contributed by atoms with E-state index in [9.17, 15) is 0 Å². The Morgan fingerprint density at radius 1 is 1.18 bits per heavy atom. The van der Waals surface area contributed by atoms with Crippen molar-refractivity contribution in [3.63, 3.8) is 0 Å². The van der Waals surface area contributed by atoms with Crippen molar-refractivity contribution in [1.82, 2.24) is 5.32 Å². The van der Waals surface area contributed by atoms with Crippen LogP contribution in [-0.2, 0) is 0 Å². The van der Waals surface area contributed by atoms with Gasteiger partial charge in [-0.25, -0.2) is 0 Å². The summed E-state index contributed by atoms with van der Waals surface area (Å²) in [6, 6.07) is 9.90. The smallest absolute Gasteiger partial charge is 0.0297 e. The minimum absolute atomic E-state index is 0.474. The van der Waals surface area contributed by atoms with Crippen LogP contribution < -0.4 is 5.32 Å². The standard InChI is InChI=1S/C16H25N/c1-12-8-4-6-10-15(12)14(3)17-16-11-7-5-9-13(16)2/h4,6,8,10,13-14,16-17H,5,7,9,11H2,1-3H3/t13?,14-,16?/m0/s1. The normalized spacial score (nSPS) is 26.8. The van der Waals surface area contributed by atoms with E-state index in [1.54, 1.807) is 0 Å². The lowest BCUT2D eigenvalue weighted by molar-refractivity contribution is 0.263. The lowest BCUT2D eigenvalue weighted by Crippen LogP contribution is -2.38. The van der Waals surface area contributed by atoms with E-state index in [4.69, 9.17) is 0 Å². The molecule has 2 unspecified atom stereocenters. The molecule has 1 N–H and O–H groups in total. The van der Waals surface area contributed by atoms with Crippen LogP contribution in [0.2, 0.25) is 0 Å². The van der Waals surface area contributed by atoms with Gasteiger partial charge in [-0.05, 0) is 43.7 Å². The van der Waals surface area contributed by atoms with E-state index in [-0.39, 0.29) is 0 Å². The van der Waals surface area contributed by atoms with Gasteiger partial charge < -0.3 is 5.32 Å². The lowest BCUT2D eigenvalue weighted by Gasteiger charge is -2.32. The Labute approximate surface area is 106 Å². The van der Waals surface area contributed by atoms with E-state index in [1.807, 2.05) is 0 Å². The highest BCUT2D eigenvalue weighted by Crippen LogP contribution is 2.26. The quantitative estimate of drug-likeness (QED) is 0.821. The summed E-state index contributed by atoms with van der Waals surface area (Å²) in [4.78, 5) is 0. The molecule has 0 spiro atoms. The van der Waals surface area contributed by atoms with Gasteiger partial charge in [-0.3, -0.25) is 0 Å². The molecular weight excluding hydrogens is 206 g/mol. The first kappa shape index (κ1) is 12.6. The Balaban J connectivity index is 2.01. The van der Waals surface area contributed by atoms with Crippen molar-refractivity contribution in [1.29, 1.82) is 0 Å². The summed E-state index contributed by atoms with van der Waals surface area (Å²) in [7, 11) is 0. The van der Waals surface area contributed by atoms with Crippen LogP contribution in [0.25, 0.3) is 0 Å². The Morgan fingerprint density at radius 2 is 1.88 bits per heavy atom. The Bertz CT molecular complexity index is 358. The Kier molecular flexibility index (Phi) is 4.22. The van der Waals surface area contributed by atoms with Gasteiger partial charge in [0.15, 0.2) is 0 Å². The van der Waals surface area contributed by atoms with Crippen LogP contribution in [0.1, 0.15) is 56.7 Å². The van der Waals surface area contributed by atoms with Crippen molar-refractivity contribution in [2.24, 2.45) is 5.92 Å². The topological polar surface area (TPSA) is 12.0 Å². The second-order valence-electron chi connectivity index (χ2n) is 5.61. The van der Waals surface area contributed by atoms with Crippen LogP contribution >= 0.6 is 0 Å². The molecule has 1 saturated carbocycles. The van der Waals surface area contributed by atoms with Crippen molar-refractivity contribution in [3.8, 4) is 0 Å². The van der Waals surface area contributed by atoms with E-state index < -0.39 is 0 Å². The average molecular weight is 231 g/mol. The molecule has 1 nitrogen and oxygen atoms in total. The molecule has 0 aliphatic heterocycles. The summed E-state index contributed by atoms with van der Waals surface area (Å²) in [5, 5.41) is 3.83. The number of rotatable bonds is 3. The molecule has 0 aromatic heterocycles. The van der Waals surface area contributed by atoms with E-state index in [1.165, 1.54) is 36.8 Å². The van der Waals surface area contributed by atoms with Crippen LogP contribution in [0.3, 0.4) is 0 Å². The number of aryl methyl sites for hydroxylation is 1. The van der Waals surface area contributed by atoms with Crippen molar-refractivity contribution < 1.29 is 0 Å². The largest absolute Gasteiger partial charge is 0.307 e. The first-order valence-electron chi connectivity index (χ1n) is 7.00. The molecule has 1 aromatic rings. The molecular formula is C16H25N. The van der Waals surface area contributed by atoms with Crippen LogP contribution in [0.15, 0.2) is 24.3 Å². The summed E-state index contributed by atoms with van der Waals surface area (Å²) >= 11 is 0. The van der Waals surface area contributed by atoms with Gasteiger partial charge in [0.1, 0.15) is 0 Å². The van der Waals surface area contributed by atoms with Gasteiger partial charge in [-0.1, -0.05) is 44.0 Å². The zero-order valence-corrected chi connectivity index (χ0v) is 11.4. The molecule has 1 aliphatic rings. The first-order chi connectivity index (χ1) is 8.18. The summed E-state index contributed by atoms with van der Waals surface area (Å²) in [5.74, 6) is 0.829. The highest BCUT2D eigenvalue weighted by Gasteiger charge is 2.23. The fourth-order valence-electron chi connectivity index (χ4n) is 3.05.